The second kappa shape index (κ2) is 13.5. The molecular formula is C37H35N11O. The molecular weight excluding hydrogens is 614 g/mol. The Morgan fingerprint density at radius 3 is 2.55 bits per heavy atom. The molecule has 12 heteroatoms. The summed E-state index contributed by atoms with van der Waals surface area (Å²) in [7, 11) is 1.76. The molecule has 6 aromatic rings. The van der Waals surface area contributed by atoms with Crippen LogP contribution in [-0.4, -0.2) is 66.5 Å². The first-order valence-corrected chi connectivity index (χ1v) is 16.1. The van der Waals surface area contributed by atoms with Crippen molar-refractivity contribution >= 4 is 34.4 Å². The van der Waals surface area contributed by atoms with Crippen molar-refractivity contribution in [2.24, 2.45) is 0 Å². The fraction of sp³-hybridized carbons (Fsp3) is 0.216. The summed E-state index contributed by atoms with van der Waals surface area (Å²) in [6.45, 7) is 4.27. The number of nitriles is 1. The number of aromatic nitrogens is 6. The number of carbonyl (C=O) groups excluding carboxylic acids is 1. The summed E-state index contributed by atoms with van der Waals surface area (Å²) < 4.78 is 2.03. The number of hydrogen-bond donors (Lipinski definition) is 2. The lowest BCUT2D eigenvalue weighted by Crippen LogP contribution is -2.38. The number of rotatable bonds is 8. The van der Waals surface area contributed by atoms with Crippen LogP contribution in [-0.2, 0) is 11.3 Å². The third kappa shape index (κ3) is 6.65. The molecule has 0 saturated carbocycles. The second-order valence-electron chi connectivity index (χ2n) is 12.1. The van der Waals surface area contributed by atoms with Crippen LogP contribution in [0, 0.1) is 11.3 Å². The number of pyridine rings is 2. The van der Waals surface area contributed by atoms with Crippen molar-refractivity contribution < 1.29 is 4.79 Å². The molecule has 49 heavy (non-hydrogen) atoms. The topological polar surface area (TPSA) is 155 Å². The summed E-state index contributed by atoms with van der Waals surface area (Å²) in [6.07, 6.45) is 5.23. The normalized spacial score (nSPS) is 13.7. The molecule has 0 unspecified atom stereocenters. The molecule has 0 radical (unpaired) electrons. The number of hydrogen-bond acceptors (Lipinski definition) is 10. The molecule has 4 aromatic heterocycles. The summed E-state index contributed by atoms with van der Waals surface area (Å²) in [6, 6.07) is 28.0. The van der Waals surface area contributed by atoms with Crippen LogP contribution >= 0.6 is 0 Å². The summed E-state index contributed by atoms with van der Waals surface area (Å²) in [5, 5.41) is 12.5. The van der Waals surface area contributed by atoms with Gasteiger partial charge in [0.1, 0.15) is 23.2 Å². The van der Waals surface area contributed by atoms with Gasteiger partial charge < -0.3 is 16.0 Å². The van der Waals surface area contributed by atoms with E-state index >= 15 is 0 Å². The Kier molecular flexibility index (Phi) is 8.66. The fourth-order valence-corrected chi connectivity index (χ4v) is 6.15. The molecule has 12 nitrogen and oxygen atoms in total. The van der Waals surface area contributed by atoms with E-state index < -0.39 is 0 Å². The first-order chi connectivity index (χ1) is 23.9. The van der Waals surface area contributed by atoms with Crippen molar-refractivity contribution in [1.82, 2.24) is 34.4 Å². The van der Waals surface area contributed by atoms with Gasteiger partial charge in [-0.3, -0.25) is 14.3 Å². The lowest BCUT2D eigenvalue weighted by Gasteiger charge is -2.32. The summed E-state index contributed by atoms with van der Waals surface area (Å²) in [4.78, 5) is 38.7. The average molecular weight is 650 g/mol. The maximum Gasteiger partial charge on any atom is 0.234 e. The minimum atomic E-state index is -0.0447. The van der Waals surface area contributed by atoms with Gasteiger partial charge in [0.15, 0.2) is 11.5 Å². The number of nitrogens with two attached hydrogens (primary N) is 1. The Balaban J connectivity index is 1.15. The summed E-state index contributed by atoms with van der Waals surface area (Å²) in [5.41, 5.74) is 13.1. The minimum absolute atomic E-state index is 0.0447. The van der Waals surface area contributed by atoms with Crippen molar-refractivity contribution in [3.05, 3.63) is 103 Å². The zero-order valence-electron chi connectivity index (χ0n) is 27.3. The number of benzene rings is 2. The quantitative estimate of drug-likeness (QED) is 0.217. The van der Waals surface area contributed by atoms with Crippen LogP contribution < -0.4 is 16.0 Å². The zero-order valence-corrected chi connectivity index (χ0v) is 27.3. The molecule has 244 valence electrons. The predicted molar refractivity (Wildman–Crippen MR) is 190 cm³/mol. The van der Waals surface area contributed by atoms with Crippen LogP contribution in [0.15, 0.2) is 91.3 Å². The molecule has 0 spiro atoms. The van der Waals surface area contributed by atoms with E-state index in [1.54, 1.807) is 37.3 Å². The van der Waals surface area contributed by atoms with E-state index in [2.05, 4.69) is 49.4 Å². The van der Waals surface area contributed by atoms with Crippen molar-refractivity contribution in [2.45, 2.75) is 32.4 Å². The summed E-state index contributed by atoms with van der Waals surface area (Å²) in [5.74, 6) is 1.86. The van der Waals surface area contributed by atoms with Gasteiger partial charge >= 0.3 is 0 Å². The fourth-order valence-electron chi connectivity index (χ4n) is 6.15. The van der Waals surface area contributed by atoms with Gasteiger partial charge in [0.05, 0.1) is 11.3 Å². The van der Waals surface area contributed by atoms with E-state index in [1.807, 2.05) is 59.2 Å². The second-order valence-corrected chi connectivity index (χ2v) is 12.1. The number of fused-ring (bicyclic) bond motifs is 1. The maximum atomic E-state index is 12.0. The molecule has 1 aliphatic rings. The van der Waals surface area contributed by atoms with Crippen molar-refractivity contribution in [3.63, 3.8) is 0 Å². The number of carbonyl (C=O) groups is 1. The maximum absolute atomic E-state index is 12.0. The monoisotopic (exact) mass is 649 g/mol. The van der Waals surface area contributed by atoms with Crippen LogP contribution in [0.4, 0.5) is 17.3 Å². The van der Waals surface area contributed by atoms with E-state index in [0.29, 0.717) is 29.1 Å². The molecule has 7 rings (SSSR count). The Morgan fingerprint density at radius 1 is 0.980 bits per heavy atom. The first kappa shape index (κ1) is 31.4. The number of nitrogen functional groups attached to an aromatic ring is 1. The van der Waals surface area contributed by atoms with Crippen LogP contribution in [0.5, 0.6) is 0 Å². The summed E-state index contributed by atoms with van der Waals surface area (Å²) >= 11 is 0. The molecule has 1 fully saturated rings. The van der Waals surface area contributed by atoms with Gasteiger partial charge in [-0.1, -0.05) is 24.3 Å². The van der Waals surface area contributed by atoms with Gasteiger partial charge in [-0.25, -0.2) is 24.9 Å². The van der Waals surface area contributed by atoms with Gasteiger partial charge in [-0.15, -0.1) is 0 Å². The zero-order chi connectivity index (χ0) is 33.9. The van der Waals surface area contributed by atoms with Crippen LogP contribution in [0.25, 0.3) is 39.5 Å². The first-order valence-electron chi connectivity index (χ1n) is 16.1. The molecule has 1 amide bonds. The third-order valence-electron chi connectivity index (χ3n) is 8.88. The molecule has 0 atom stereocenters. The molecule has 5 heterocycles. The highest BCUT2D eigenvalue weighted by molar-refractivity contribution is 5.92. The highest BCUT2D eigenvalue weighted by Gasteiger charge is 2.21. The van der Waals surface area contributed by atoms with E-state index in [4.69, 9.17) is 21.0 Å². The number of nitrogens with one attached hydrogen (secondary N) is 1. The van der Waals surface area contributed by atoms with Crippen molar-refractivity contribution in [3.8, 4) is 34.4 Å². The van der Waals surface area contributed by atoms with Crippen molar-refractivity contribution in [2.75, 3.05) is 36.1 Å². The van der Waals surface area contributed by atoms with Gasteiger partial charge in [-0.2, -0.15) is 5.26 Å². The molecule has 1 aliphatic heterocycles. The number of anilines is 3. The van der Waals surface area contributed by atoms with Gasteiger partial charge in [0.25, 0.3) is 0 Å². The van der Waals surface area contributed by atoms with E-state index in [1.165, 1.54) is 5.56 Å². The molecule has 0 bridgehead atoms. The Labute approximate surface area is 283 Å². The SMILES string of the molecule is CC(=O)N(C)c1cccc(-c2ccc3nc(-c4cccnc4N)n(-c4ccc(CN5CCC(Nc6ccnc(C#N)n6)CC5)cc4)c3n2)c1. The number of amides is 1. The molecule has 1 saturated heterocycles. The lowest BCUT2D eigenvalue weighted by molar-refractivity contribution is -0.116. The number of nitrogens with zero attached hydrogens (tertiary/aromatic N) is 9. The number of imidazole rings is 1. The van der Waals surface area contributed by atoms with Gasteiger partial charge in [0.2, 0.25) is 11.7 Å². The highest BCUT2D eigenvalue weighted by atomic mass is 16.2. The van der Waals surface area contributed by atoms with E-state index in [9.17, 15) is 4.79 Å². The van der Waals surface area contributed by atoms with Crippen LogP contribution in [0.3, 0.4) is 0 Å². The van der Waals surface area contributed by atoms with E-state index in [-0.39, 0.29) is 11.7 Å². The van der Waals surface area contributed by atoms with Gasteiger partial charge in [-0.05, 0) is 73.0 Å². The molecule has 0 aliphatic carbocycles. The lowest BCUT2D eigenvalue weighted by atomic mass is 10.0. The van der Waals surface area contributed by atoms with Crippen LogP contribution in [0.1, 0.15) is 31.2 Å². The molecule has 3 N–H and O–H groups in total. The van der Waals surface area contributed by atoms with Crippen LogP contribution in [0.2, 0.25) is 0 Å². The largest absolute Gasteiger partial charge is 0.383 e. The predicted octanol–water partition coefficient (Wildman–Crippen LogP) is 5.45. The number of piperidine rings is 1. The average Bonchev–Trinajstić information content (AvgIpc) is 3.51. The number of likely N-dealkylation sites (tertiary alicyclic amines) is 1. The smallest absolute Gasteiger partial charge is 0.234 e. The highest BCUT2D eigenvalue weighted by Crippen LogP contribution is 2.32. The van der Waals surface area contributed by atoms with Gasteiger partial charge in [0, 0.05) is 69.0 Å². The standard InChI is InChI=1S/C37H35N11O/c1-24(49)46(2)29-6-3-5-26(21-29)31-12-13-32-37(43-31)48(36(44-32)30-7-4-17-41-35(30)39)28-10-8-25(9-11-28)23-47-19-15-27(16-20-47)42-33-14-18-40-34(22-38)45-33/h3-14,17-18,21,27H,15-16,19-20,23H2,1-2H3,(H2,39,41)(H,40,42,45). The molecule has 2 aromatic carbocycles. The third-order valence-corrected chi connectivity index (χ3v) is 8.88. The Hall–Kier alpha value is -6.19. The minimum Gasteiger partial charge on any atom is -0.383 e. The Bertz CT molecular complexity index is 2180. The van der Waals surface area contributed by atoms with Crippen molar-refractivity contribution in [1.29, 1.82) is 5.26 Å². The van der Waals surface area contributed by atoms with E-state index in [0.717, 1.165) is 66.2 Å². The Morgan fingerprint density at radius 2 is 1.80 bits per heavy atom.